The van der Waals surface area contributed by atoms with Gasteiger partial charge in [0.1, 0.15) is 6.61 Å². The van der Waals surface area contributed by atoms with Crippen molar-refractivity contribution in [3.63, 3.8) is 0 Å². The van der Waals surface area contributed by atoms with Gasteiger partial charge in [0.15, 0.2) is 0 Å². The minimum Gasteiger partial charge on any atom is -0.369 e. The first kappa shape index (κ1) is 9.52. The molecule has 0 bridgehead atoms. The third-order valence-corrected chi connectivity index (χ3v) is 1.16. The maximum Gasteiger partial charge on any atom is 0.107 e. The van der Waals surface area contributed by atoms with Crippen molar-refractivity contribution in [1.82, 2.24) is 0 Å². The second-order valence-corrected chi connectivity index (χ2v) is 2.09. The highest BCUT2D eigenvalue weighted by atomic mass is 16.5. The minimum absolute atomic E-state index is 0.597. The normalized spacial score (nSPS) is 8.60. The van der Waals surface area contributed by atoms with Gasteiger partial charge in [-0.3, -0.25) is 0 Å². The molecule has 1 nitrogen and oxygen atoms in total. The molecular formula is C9H16O. The quantitative estimate of drug-likeness (QED) is 0.430. The average Bonchev–Trinajstić information content (AvgIpc) is 1.97. The predicted molar refractivity (Wildman–Crippen MR) is 43.8 cm³/mol. The van der Waals surface area contributed by atoms with E-state index in [0.717, 1.165) is 13.0 Å². The summed E-state index contributed by atoms with van der Waals surface area (Å²) >= 11 is 0. The van der Waals surface area contributed by atoms with Crippen LogP contribution in [0.1, 0.15) is 33.1 Å². The second-order valence-electron chi connectivity index (χ2n) is 2.09. The van der Waals surface area contributed by atoms with Gasteiger partial charge in [-0.05, 0) is 13.3 Å². The van der Waals surface area contributed by atoms with Crippen molar-refractivity contribution in [3.05, 3.63) is 0 Å². The third-order valence-electron chi connectivity index (χ3n) is 1.16. The molecule has 0 fully saturated rings. The first-order chi connectivity index (χ1) is 4.91. The minimum atomic E-state index is 0.597. The SMILES string of the molecule is CCCCC#CCOCC. The van der Waals surface area contributed by atoms with Crippen LogP contribution in [-0.2, 0) is 4.74 Å². The van der Waals surface area contributed by atoms with Gasteiger partial charge in [0, 0.05) is 13.0 Å². The fraction of sp³-hybridized carbons (Fsp3) is 0.778. The Hall–Kier alpha value is -0.480. The smallest absolute Gasteiger partial charge is 0.107 e. The predicted octanol–water partition coefficient (Wildman–Crippen LogP) is 2.22. The molecule has 0 aromatic rings. The van der Waals surface area contributed by atoms with E-state index in [0.29, 0.717) is 6.61 Å². The second kappa shape index (κ2) is 8.52. The van der Waals surface area contributed by atoms with Gasteiger partial charge in [-0.25, -0.2) is 0 Å². The first-order valence-electron chi connectivity index (χ1n) is 3.95. The van der Waals surface area contributed by atoms with Crippen LogP contribution in [0.15, 0.2) is 0 Å². The summed E-state index contributed by atoms with van der Waals surface area (Å²) in [7, 11) is 0. The summed E-state index contributed by atoms with van der Waals surface area (Å²) in [5.74, 6) is 6.00. The van der Waals surface area contributed by atoms with Crippen molar-refractivity contribution >= 4 is 0 Å². The van der Waals surface area contributed by atoms with Crippen molar-refractivity contribution in [2.45, 2.75) is 33.1 Å². The number of hydrogen-bond acceptors (Lipinski definition) is 1. The van der Waals surface area contributed by atoms with Crippen molar-refractivity contribution in [1.29, 1.82) is 0 Å². The molecule has 0 aliphatic carbocycles. The van der Waals surface area contributed by atoms with Gasteiger partial charge in [0.25, 0.3) is 0 Å². The Kier molecular flexibility index (Phi) is 8.11. The van der Waals surface area contributed by atoms with Gasteiger partial charge in [-0.15, -0.1) is 5.92 Å². The average molecular weight is 140 g/mol. The van der Waals surface area contributed by atoms with Gasteiger partial charge >= 0.3 is 0 Å². The molecule has 0 heterocycles. The molecule has 1 heteroatoms. The van der Waals surface area contributed by atoms with Crippen LogP contribution in [0, 0.1) is 11.8 Å². The summed E-state index contributed by atoms with van der Waals surface area (Å²) in [6, 6.07) is 0. The molecule has 0 aliphatic rings. The van der Waals surface area contributed by atoms with E-state index in [4.69, 9.17) is 4.74 Å². The van der Waals surface area contributed by atoms with Crippen LogP contribution in [0.25, 0.3) is 0 Å². The summed E-state index contributed by atoms with van der Waals surface area (Å²) in [5.41, 5.74) is 0. The molecule has 0 radical (unpaired) electrons. The summed E-state index contributed by atoms with van der Waals surface area (Å²) in [6.07, 6.45) is 3.45. The van der Waals surface area contributed by atoms with Crippen LogP contribution in [0.3, 0.4) is 0 Å². The van der Waals surface area contributed by atoms with Crippen molar-refractivity contribution in [2.75, 3.05) is 13.2 Å². The standard InChI is InChI=1S/C9H16O/c1-3-5-6-7-8-9-10-4-2/h3-6,9H2,1-2H3. The van der Waals surface area contributed by atoms with Crippen LogP contribution < -0.4 is 0 Å². The largest absolute Gasteiger partial charge is 0.369 e. The lowest BCUT2D eigenvalue weighted by molar-refractivity contribution is 0.182. The lowest BCUT2D eigenvalue weighted by atomic mass is 10.2. The van der Waals surface area contributed by atoms with Gasteiger partial charge in [-0.1, -0.05) is 19.3 Å². The number of hydrogen-bond donors (Lipinski definition) is 0. The molecule has 0 unspecified atom stereocenters. The number of rotatable bonds is 4. The van der Waals surface area contributed by atoms with Gasteiger partial charge in [0.2, 0.25) is 0 Å². The van der Waals surface area contributed by atoms with E-state index in [-0.39, 0.29) is 0 Å². The van der Waals surface area contributed by atoms with Crippen LogP contribution in [-0.4, -0.2) is 13.2 Å². The first-order valence-corrected chi connectivity index (χ1v) is 3.95. The van der Waals surface area contributed by atoms with Crippen LogP contribution >= 0.6 is 0 Å². The Bertz CT molecular complexity index is 95.6. The Balaban J connectivity index is 2.98. The maximum atomic E-state index is 5.04. The lowest BCUT2D eigenvalue weighted by Gasteiger charge is -1.88. The molecule has 0 spiro atoms. The molecule has 0 atom stereocenters. The molecule has 0 amide bonds. The van der Waals surface area contributed by atoms with Gasteiger partial charge < -0.3 is 4.74 Å². The summed E-state index contributed by atoms with van der Waals surface area (Å²) in [5, 5.41) is 0. The maximum absolute atomic E-state index is 5.04. The molecule has 0 aromatic heterocycles. The molecule has 0 aromatic carbocycles. The van der Waals surface area contributed by atoms with E-state index in [1.807, 2.05) is 6.92 Å². The zero-order valence-electron chi connectivity index (χ0n) is 6.94. The number of unbranched alkanes of at least 4 members (excludes halogenated alkanes) is 2. The van der Waals surface area contributed by atoms with Crippen molar-refractivity contribution < 1.29 is 4.74 Å². The fourth-order valence-corrected chi connectivity index (χ4v) is 0.558. The van der Waals surface area contributed by atoms with E-state index in [9.17, 15) is 0 Å². The summed E-state index contributed by atoms with van der Waals surface area (Å²) < 4.78 is 5.04. The molecule has 10 heavy (non-hydrogen) atoms. The number of ether oxygens (including phenoxy) is 1. The molecule has 0 saturated carbocycles. The van der Waals surface area contributed by atoms with Gasteiger partial charge in [0.05, 0.1) is 0 Å². The Morgan fingerprint density at radius 3 is 2.60 bits per heavy atom. The highest BCUT2D eigenvalue weighted by Gasteiger charge is 1.76. The fourth-order valence-electron chi connectivity index (χ4n) is 0.558. The van der Waals surface area contributed by atoms with Crippen LogP contribution in [0.5, 0.6) is 0 Å². The zero-order valence-corrected chi connectivity index (χ0v) is 6.94. The van der Waals surface area contributed by atoms with Crippen LogP contribution in [0.4, 0.5) is 0 Å². The zero-order chi connectivity index (χ0) is 7.66. The summed E-state index contributed by atoms with van der Waals surface area (Å²) in [4.78, 5) is 0. The lowest BCUT2D eigenvalue weighted by Crippen LogP contribution is -1.88. The highest BCUT2D eigenvalue weighted by Crippen LogP contribution is 1.89. The topological polar surface area (TPSA) is 9.23 Å². The van der Waals surface area contributed by atoms with Crippen molar-refractivity contribution in [2.24, 2.45) is 0 Å². The van der Waals surface area contributed by atoms with Gasteiger partial charge in [-0.2, -0.15) is 0 Å². The van der Waals surface area contributed by atoms with E-state index < -0.39 is 0 Å². The Morgan fingerprint density at radius 1 is 1.20 bits per heavy atom. The van der Waals surface area contributed by atoms with Crippen molar-refractivity contribution in [3.8, 4) is 11.8 Å². The highest BCUT2D eigenvalue weighted by molar-refractivity contribution is 4.98. The van der Waals surface area contributed by atoms with E-state index in [2.05, 4.69) is 18.8 Å². The van der Waals surface area contributed by atoms with Crippen LogP contribution in [0.2, 0.25) is 0 Å². The summed E-state index contributed by atoms with van der Waals surface area (Å²) in [6.45, 7) is 5.51. The monoisotopic (exact) mass is 140 g/mol. The molecule has 0 saturated heterocycles. The third kappa shape index (κ3) is 7.52. The van der Waals surface area contributed by atoms with E-state index >= 15 is 0 Å². The molecular weight excluding hydrogens is 124 g/mol. The molecule has 0 aliphatic heterocycles. The Morgan fingerprint density at radius 2 is 2.00 bits per heavy atom. The molecule has 58 valence electrons. The molecule has 0 N–H and O–H groups in total. The van der Waals surface area contributed by atoms with E-state index in [1.165, 1.54) is 12.8 Å². The Labute approximate surface area is 63.8 Å². The van der Waals surface area contributed by atoms with E-state index in [1.54, 1.807) is 0 Å². The molecule has 0 rings (SSSR count).